The Kier molecular flexibility index (Phi) is 10.5. The molecule has 0 amide bonds. The Bertz CT molecular complexity index is 2570. The van der Waals surface area contributed by atoms with Crippen molar-refractivity contribution in [3.63, 3.8) is 0 Å². The molecule has 4 aliphatic carbocycles. The molecule has 0 radical (unpaired) electrons. The van der Waals surface area contributed by atoms with Gasteiger partial charge in [-0.25, -0.2) is 18.1 Å². The summed E-state index contributed by atoms with van der Waals surface area (Å²) >= 11 is 0. The number of rotatable bonds is 5. The summed E-state index contributed by atoms with van der Waals surface area (Å²) in [6.07, 6.45) is 24.3. The first kappa shape index (κ1) is 40.6. The minimum atomic E-state index is -0.967. The van der Waals surface area contributed by atoms with Crippen molar-refractivity contribution in [2.75, 3.05) is 0 Å². The summed E-state index contributed by atoms with van der Waals surface area (Å²) in [6.45, 7) is 6.72. The molecule has 312 valence electrons. The van der Waals surface area contributed by atoms with E-state index in [1.807, 2.05) is 21.8 Å². The zero-order valence-corrected chi connectivity index (χ0v) is 35.4. The second-order valence-corrected chi connectivity index (χ2v) is 18.6. The van der Waals surface area contributed by atoms with E-state index < -0.39 is 11.2 Å². The van der Waals surface area contributed by atoms with E-state index in [0.29, 0.717) is 24.7 Å². The van der Waals surface area contributed by atoms with Crippen LogP contribution in [-0.2, 0) is 23.7 Å². The average Bonchev–Trinajstić information content (AvgIpc) is 3.79. The van der Waals surface area contributed by atoms with Crippen LogP contribution in [0, 0.1) is 35.8 Å². The van der Waals surface area contributed by atoms with Crippen LogP contribution in [0.25, 0.3) is 33.2 Å². The average molecular weight is 809 g/mol. The summed E-state index contributed by atoms with van der Waals surface area (Å²) in [6, 6.07) is 22.3. The van der Waals surface area contributed by atoms with Gasteiger partial charge in [-0.05, 0) is 214 Å². The van der Waals surface area contributed by atoms with Crippen LogP contribution < -0.4 is 0 Å². The van der Waals surface area contributed by atoms with Gasteiger partial charge in [0.2, 0.25) is 0 Å². The van der Waals surface area contributed by atoms with E-state index in [0.717, 1.165) is 110 Å². The van der Waals surface area contributed by atoms with Crippen molar-refractivity contribution in [2.45, 2.75) is 139 Å². The molecular weight excluding hydrogens is 751 g/mol. The second kappa shape index (κ2) is 15.6. The molecule has 2 fully saturated rings. The van der Waals surface area contributed by atoms with Crippen LogP contribution in [0.15, 0.2) is 85.2 Å². The van der Waals surface area contributed by atoms with E-state index >= 15 is 0 Å². The molecule has 0 bridgehead atoms. The van der Waals surface area contributed by atoms with Crippen molar-refractivity contribution >= 4 is 21.8 Å². The lowest BCUT2D eigenvalue weighted by Gasteiger charge is -2.50. The van der Waals surface area contributed by atoms with Crippen molar-refractivity contribution in [1.82, 2.24) is 19.6 Å². The molecule has 4 aliphatic rings. The molecule has 10 rings (SSSR count). The maximum Gasteiger partial charge on any atom is 0.125 e. The van der Waals surface area contributed by atoms with Crippen molar-refractivity contribution in [3.05, 3.63) is 119 Å². The van der Waals surface area contributed by atoms with Crippen LogP contribution in [0.1, 0.15) is 126 Å². The summed E-state index contributed by atoms with van der Waals surface area (Å²) in [5.74, 6) is 3.12. The Morgan fingerprint density at radius 3 is 1.57 bits per heavy atom. The van der Waals surface area contributed by atoms with Gasteiger partial charge in [-0.1, -0.05) is 26.7 Å². The first-order valence-corrected chi connectivity index (χ1v) is 22.4. The van der Waals surface area contributed by atoms with Gasteiger partial charge in [0.25, 0.3) is 0 Å². The highest BCUT2D eigenvalue weighted by Crippen LogP contribution is 2.56. The standard InChI is InChI=1S/C26H31FN2O.C26H27FN2O/c2*1-3-25(30)12-13-26(4-2)20(16-25)7-5-6-18-15-24-19(14-23(18)26)17-28-29(24)22-10-8-21(27)9-11-22/h8-11,14-15,17,20,30H,3-7,12-13,16H2,1-2H3;1,8-11,14-15,17,20,30H,4-7,12-13,16H2,2H3/t2*20-,25-,26-/m11/s1. The molecule has 0 unspecified atom stereocenters. The minimum Gasteiger partial charge on any atom is -0.390 e. The Hall–Kier alpha value is -4.84. The number of halogens is 2. The van der Waals surface area contributed by atoms with Gasteiger partial charge in [-0.15, -0.1) is 6.42 Å². The minimum absolute atomic E-state index is 0.0566. The predicted molar refractivity (Wildman–Crippen MR) is 236 cm³/mol. The lowest BCUT2D eigenvalue weighted by molar-refractivity contribution is -0.0505. The smallest absolute Gasteiger partial charge is 0.125 e. The number of aliphatic hydroxyl groups is 2. The lowest BCUT2D eigenvalue weighted by Crippen LogP contribution is -2.47. The van der Waals surface area contributed by atoms with Crippen LogP contribution >= 0.6 is 0 Å². The summed E-state index contributed by atoms with van der Waals surface area (Å²) in [7, 11) is 0. The molecular formula is C52H58F2N4O2. The van der Waals surface area contributed by atoms with Crippen molar-refractivity contribution < 1.29 is 19.0 Å². The van der Waals surface area contributed by atoms with Crippen molar-refractivity contribution in [1.29, 1.82) is 0 Å². The van der Waals surface area contributed by atoms with Gasteiger partial charge in [0.15, 0.2) is 0 Å². The number of hydrogen-bond donors (Lipinski definition) is 2. The number of fused-ring (bicyclic) bond motifs is 8. The van der Waals surface area contributed by atoms with Gasteiger partial charge in [0, 0.05) is 10.8 Å². The van der Waals surface area contributed by atoms with Gasteiger partial charge in [-0.3, -0.25) is 0 Å². The number of terminal acetylenes is 1. The fourth-order valence-electron chi connectivity index (χ4n) is 12.2. The van der Waals surface area contributed by atoms with Crippen LogP contribution in [0.4, 0.5) is 8.78 Å². The third kappa shape index (κ3) is 6.86. The zero-order valence-electron chi connectivity index (χ0n) is 35.4. The highest BCUT2D eigenvalue weighted by atomic mass is 19.1. The zero-order chi connectivity index (χ0) is 41.9. The first-order valence-electron chi connectivity index (χ1n) is 22.4. The maximum atomic E-state index is 13.4. The van der Waals surface area contributed by atoms with Crippen LogP contribution in [-0.4, -0.2) is 41.0 Å². The van der Waals surface area contributed by atoms with Gasteiger partial charge in [0.1, 0.15) is 17.2 Å². The second-order valence-electron chi connectivity index (χ2n) is 18.6. The van der Waals surface area contributed by atoms with E-state index in [-0.39, 0.29) is 22.5 Å². The molecule has 0 spiro atoms. The third-order valence-corrected chi connectivity index (χ3v) is 15.8. The molecule has 2 aromatic heterocycles. The fraction of sp³-hybridized carbons (Fsp3) is 0.462. The summed E-state index contributed by atoms with van der Waals surface area (Å²) < 4.78 is 30.6. The molecule has 6 aromatic rings. The molecule has 2 saturated carbocycles. The van der Waals surface area contributed by atoms with Crippen molar-refractivity contribution in [3.8, 4) is 23.7 Å². The van der Waals surface area contributed by atoms with E-state index in [1.165, 1.54) is 52.9 Å². The monoisotopic (exact) mass is 808 g/mol. The van der Waals surface area contributed by atoms with E-state index in [2.05, 4.69) is 61.2 Å². The molecule has 0 aliphatic heterocycles. The normalized spacial score (nSPS) is 28.6. The SMILES string of the molecule is C#C[C@@]1(O)CC[C@@]2(CC)c3cc4cnn(-c5ccc(F)cc5)c4cc3CCC[C@@H]2C1.CC[C@@]1(O)CC[C@@]2(CC)c3cc4cnn(-c5ccc(F)cc5)c4cc3CCC[C@@H]2C1. The molecule has 0 saturated heterocycles. The molecule has 4 aromatic carbocycles. The molecule has 2 heterocycles. The number of hydrogen-bond acceptors (Lipinski definition) is 4. The van der Waals surface area contributed by atoms with Gasteiger partial charge in [-0.2, -0.15) is 10.2 Å². The lowest BCUT2D eigenvalue weighted by atomic mass is 9.56. The molecule has 6 nitrogen and oxygen atoms in total. The van der Waals surface area contributed by atoms with Crippen LogP contribution in [0.5, 0.6) is 0 Å². The van der Waals surface area contributed by atoms with Crippen LogP contribution in [0.3, 0.4) is 0 Å². The first-order chi connectivity index (χ1) is 29.0. The molecule has 60 heavy (non-hydrogen) atoms. The highest BCUT2D eigenvalue weighted by molar-refractivity contribution is 5.83. The van der Waals surface area contributed by atoms with E-state index in [1.54, 1.807) is 24.3 Å². The third-order valence-electron chi connectivity index (χ3n) is 15.8. The summed E-state index contributed by atoms with van der Waals surface area (Å²) in [5.41, 5.74) is 8.34. The van der Waals surface area contributed by atoms with Crippen molar-refractivity contribution in [2.24, 2.45) is 11.8 Å². The summed E-state index contributed by atoms with van der Waals surface area (Å²) in [4.78, 5) is 0. The van der Waals surface area contributed by atoms with E-state index in [9.17, 15) is 19.0 Å². The topological polar surface area (TPSA) is 76.1 Å². The molecule has 6 atom stereocenters. The van der Waals surface area contributed by atoms with E-state index in [4.69, 9.17) is 6.42 Å². The number of aromatic nitrogens is 4. The van der Waals surface area contributed by atoms with Crippen LogP contribution in [0.2, 0.25) is 0 Å². The number of aryl methyl sites for hydroxylation is 2. The Morgan fingerprint density at radius 2 is 1.12 bits per heavy atom. The Morgan fingerprint density at radius 1 is 0.650 bits per heavy atom. The van der Waals surface area contributed by atoms with Gasteiger partial charge in [0.05, 0.1) is 40.4 Å². The van der Waals surface area contributed by atoms with Gasteiger partial charge >= 0.3 is 0 Å². The highest BCUT2D eigenvalue weighted by Gasteiger charge is 2.50. The number of nitrogens with zero attached hydrogens (tertiary/aromatic N) is 4. The van der Waals surface area contributed by atoms with Gasteiger partial charge < -0.3 is 10.2 Å². The predicted octanol–water partition coefficient (Wildman–Crippen LogP) is 11.4. The summed E-state index contributed by atoms with van der Waals surface area (Å²) in [5, 5.41) is 33.3. The fourth-order valence-corrected chi connectivity index (χ4v) is 12.2. The molecule has 8 heteroatoms. The molecule has 2 N–H and O–H groups in total. The Labute approximate surface area is 353 Å². The maximum absolute atomic E-state index is 13.4. The number of benzene rings is 4. The Balaban J connectivity index is 0.000000154. The quantitative estimate of drug-likeness (QED) is 0.170. The largest absolute Gasteiger partial charge is 0.390 e.